The van der Waals surface area contributed by atoms with E-state index in [0.29, 0.717) is 17.1 Å². The summed E-state index contributed by atoms with van der Waals surface area (Å²) in [6.07, 6.45) is 1.43. The number of nitriles is 1. The summed E-state index contributed by atoms with van der Waals surface area (Å²) in [5, 5.41) is 20.2. The van der Waals surface area contributed by atoms with Gasteiger partial charge in [0.25, 0.3) is 5.69 Å². The van der Waals surface area contributed by atoms with Gasteiger partial charge in [0, 0.05) is 11.6 Å². The maximum Gasteiger partial charge on any atom is 0.273 e. The van der Waals surface area contributed by atoms with Crippen molar-refractivity contribution < 1.29 is 18.5 Å². The minimum absolute atomic E-state index is 0.103. The molecule has 27 heavy (non-hydrogen) atoms. The van der Waals surface area contributed by atoms with Crippen LogP contribution in [-0.4, -0.2) is 12.0 Å². The summed E-state index contributed by atoms with van der Waals surface area (Å²) in [5.41, 5.74) is 0.705. The number of hydrogen-bond donors (Lipinski definition) is 0. The molecule has 0 atom stereocenters. The van der Waals surface area contributed by atoms with Gasteiger partial charge >= 0.3 is 0 Å². The van der Waals surface area contributed by atoms with E-state index in [0.717, 1.165) is 0 Å². The Labute approximate surface area is 153 Å². The molecule has 3 aromatic rings. The third kappa shape index (κ3) is 3.70. The number of ether oxygens (including phenoxy) is 1. The van der Waals surface area contributed by atoms with Gasteiger partial charge in [-0.25, -0.2) is 4.39 Å². The molecule has 0 radical (unpaired) electrons. The fourth-order valence-electron chi connectivity index (χ4n) is 2.56. The fraction of sp³-hybridized carbons (Fsp3) is 0.0500. The summed E-state index contributed by atoms with van der Waals surface area (Å²) in [6, 6.07) is 15.3. The Kier molecular flexibility index (Phi) is 4.99. The van der Waals surface area contributed by atoms with Gasteiger partial charge in [-0.15, -0.1) is 0 Å². The van der Waals surface area contributed by atoms with E-state index >= 15 is 0 Å². The monoisotopic (exact) mass is 364 g/mol. The number of allylic oxidation sites excluding steroid dienone is 1. The molecule has 0 spiro atoms. The van der Waals surface area contributed by atoms with E-state index in [1.807, 2.05) is 6.07 Å². The van der Waals surface area contributed by atoms with Gasteiger partial charge in [0.2, 0.25) is 0 Å². The maximum absolute atomic E-state index is 13.9. The molecule has 0 fully saturated rings. The zero-order chi connectivity index (χ0) is 19.4. The normalized spacial score (nSPS) is 11.1. The molecule has 0 unspecified atom stereocenters. The molecule has 0 aliphatic carbocycles. The number of furan rings is 1. The fourth-order valence-corrected chi connectivity index (χ4v) is 2.56. The van der Waals surface area contributed by atoms with Crippen molar-refractivity contribution in [2.75, 3.05) is 7.11 Å². The lowest BCUT2D eigenvalue weighted by Crippen LogP contribution is -1.92. The summed E-state index contributed by atoms with van der Waals surface area (Å²) in [5.74, 6) is 0.516. The van der Waals surface area contributed by atoms with E-state index in [1.165, 1.54) is 43.5 Å². The van der Waals surface area contributed by atoms with Gasteiger partial charge in [-0.3, -0.25) is 10.1 Å². The largest absolute Gasteiger partial charge is 0.496 e. The molecule has 0 saturated carbocycles. The van der Waals surface area contributed by atoms with Gasteiger partial charge in [0.1, 0.15) is 23.1 Å². The molecule has 134 valence electrons. The SMILES string of the molecule is COc1cc([N+](=O)[O-])ccc1-c1ccc(C=C(C#N)c2ccccc2F)o1. The molecule has 0 aliphatic heterocycles. The van der Waals surface area contributed by atoms with E-state index in [2.05, 4.69) is 0 Å². The van der Waals surface area contributed by atoms with E-state index in [1.54, 1.807) is 24.3 Å². The minimum atomic E-state index is -0.518. The summed E-state index contributed by atoms with van der Waals surface area (Å²) in [6.45, 7) is 0. The van der Waals surface area contributed by atoms with Crippen LogP contribution < -0.4 is 4.74 Å². The van der Waals surface area contributed by atoms with Crippen molar-refractivity contribution in [3.05, 3.63) is 81.9 Å². The molecule has 1 heterocycles. The van der Waals surface area contributed by atoms with Crippen LogP contribution in [0.2, 0.25) is 0 Å². The van der Waals surface area contributed by atoms with E-state index in [4.69, 9.17) is 9.15 Å². The lowest BCUT2D eigenvalue weighted by atomic mass is 10.1. The quantitative estimate of drug-likeness (QED) is 0.358. The molecule has 0 saturated heterocycles. The number of nitrogens with zero attached hydrogens (tertiary/aromatic N) is 2. The van der Waals surface area contributed by atoms with Crippen molar-refractivity contribution in [1.29, 1.82) is 5.26 Å². The summed E-state index contributed by atoms with van der Waals surface area (Å²) >= 11 is 0. The molecule has 1 aromatic heterocycles. The van der Waals surface area contributed by atoms with Crippen LogP contribution in [0.15, 0.2) is 59.0 Å². The predicted molar refractivity (Wildman–Crippen MR) is 97.2 cm³/mol. The second-order valence-electron chi connectivity index (χ2n) is 5.49. The highest BCUT2D eigenvalue weighted by atomic mass is 19.1. The van der Waals surface area contributed by atoms with Gasteiger partial charge in [0.05, 0.1) is 35.3 Å². The number of halogens is 1. The number of non-ortho nitro benzene ring substituents is 1. The Morgan fingerprint density at radius 2 is 2.04 bits per heavy atom. The Bertz CT molecular complexity index is 1080. The second-order valence-corrected chi connectivity index (χ2v) is 5.49. The first-order valence-electron chi connectivity index (χ1n) is 7.83. The molecule has 0 N–H and O–H groups in total. The Morgan fingerprint density at radius 1 is 1.26 bits per heavy atom. The molecule has 0 aliphatic rings. The standard InChI is InChI=1S/C20H13FN2O4/c1-26-20-11-14(23(24)25)6-8-17(20)19-9-7-15(27-19)10-13(12-22)16-4-2-3-5-18(16)21/h2-11H,1H3. The van der Waals surface area contributed by atoms with E-state index in [9.17, 15) is 19.8 Å². The minimum Gasteiger partial charge on any atom is -0.496 e. The van der Waals surface area contributed by atoms with Crippen LogP contribution in [0.25, 0.3) is 23.0 Å². The number of nitro groups is 1. The maximum atomic E-state index is 13.9. The first kappa shape index (κ1) is 17.9. The highest BCUT2D eigenvalue weighted by Gasteiger charge is 2.15. The van der Waals surface area contributed by atoms with Gasteiger partial charge in [0.15, 0.2) is 0 Å². The van der Waals surface area contributed by atoms with Gasteiger partial charge in [-0.05, 0) is 30.3 Å². The first-order chi connectivity index (χ1) is 13.0. The zero-order valence-electron chi connectivity index (χ0n) is 14.2. The molecule has 0 bridgehead atoms. The van der Waals surface area contributed by atoms with E-state index in [-0.39, 0.29) is 22.6 Å². The highest BCUT2D eigenvalue weighted by molar-refractivity contribution is 5.89. The predicted octanol–water partition coefficient (Wildman–Crippen LogP) is 5.07. The van der Waals surface area contributed by atoms with Crippen LogP contribution in [-0.2, 0) is 0 Å². The average molecular weight is 364 g/mol. The molecule has 6 nitrogen and oxygen atoms in total. The molecule has 7 heteroatoms. The van der Waals surface area contributed by atoms with Crippen LogP contribution in [0, 0.1) is 27.3 Å². The highest BCUT2D eigenvalue weighted by Crippen LogP contribution is 2.35. The lowest BCUT2D eigenvalue weighted by molar-refractivity contribution is -0.384. The topological polar surface area (TPSA) is 89.3 Å². The zero-order valence-corrected chi connectivity index (χ0v) is 14.2. The van der Waals surface area contributed by atoms with Crippen molar-refractivity contribution >= 4 is 17.3 Å². The smallest absolute Gasteiger partial charge is 0.273 e. The molecular weight excluding hydrogens is 351 g/mol. The van der Waals surface area contributed by atoms with Crippen LogP contribution in [0.1, 0.15) is 11.3 Å². The molecular formula is C20H13FN2O4. The third-order valence-electron chi connectivity index (χ3n) is 3.86. The summed E-state index contributed by atoms with van der Waals surface area (Å²) in [7, 11) is 1.40. The first-order valence-corrected chi connectivity index (χ1v) is 7.83. The number of hydrogen-bond acceptors (Lipinski definition) is 5. The van der Waals surface area contributed by atoms with Crippen molar-refractivity contribution in [2.24, 2.45) is 0 Å². The summed E-state index contributed by atoms with van der Waals surface area (Å²) in [4.78, 5) is 10.4. The number of rotatable bonds is 5. The van der Waals surface area contributed by atoms with Crippen LogP contribution >= 0.6 is 0 Å². The third-order valence-corrected chi connectivity index (χ3v) is 3.86. The van der Waals surface area contributed by atoms with Crippen LogP contribution in [0.5, 0.6) is 5.75 Å². The van der Waals surface area contributed by atoms with Gasteiger partial charge in [-0.2, -0.15) is 5.26 Å². The Hall–Kier alpha value is -3.92. The van der Waals surface area contributed by atoms with Crippen molar-refractivity contribution in [3.8, 4) is 23.1 Å². The van der Waals surface area contributed by atoms with Crippen molar-refractivity contribution in [1.82, 2.24) is 0 Å². The molecule has 0 amide bonds. The molecule has 2 aromatic carbocycles. The Balaban J connectivity index is 1.99. The van der Waals surface area contributed by atoms with Gasteiger partial charge in [-0.1, -0.05) is 18.2 Å². The van der Waals surface area contributed by atoms with Crippen LogP contribution in [0.3, 0.4) is 0 Å². The lowest BCUT2D eigenvalue weighted by Gasteiger charge is -2.05. The Morgan fingerprint density at radius 3 is 2.70 bits per heavy atom. The number of benzene rings is 2. The van der Waals surface area contributed by atoms with Crippen molar-refractivity contribution in [3.63, 3.8) is 0 Å². The number of methoxy groups -OCH3 is 1. The summed E-state index contributed by atoms with van der Waals surface area (Å²) < 4.78 is 24.8. The molecule has 3 rings (SSSR count). The van der Waals surface area contributed by atoms with Crippen LogP contribution in [0.4, 0.5) is 10.1 Å². The number of nitro benzene ring substituents is 1. The van der Waals surface area contributed by atoms with E-state index < -0.39 is 10.7 Å². The van der Waals surface area contributed by atoms with Crippen molar-refractivity contribution in [2.45, 2.75) is 0 Å². The van der Waals surface area contributed by atoms with Gasteiger partial charge < -0.3 is 9.15 Å². The second kappa shape index (κ2) is 7.54. The average Bonchev–Trinajstić information content (AvgIpc) is 3.14.